The highest BCUT2D eigenvalue weighted by molar-refractivity contribution is 6.41. The fourth-order valence-corrected chi connectivity index (χ4v) is 1.47. The molecule has 1 heterocycles. The Labute approximate surface area is 96.0 Å². The van der Waals surface area contributed by atoms with Gasteiger partial charge in [-0.1, -0.05) is 0 Å². The molecule has 0 N–H and O–H groups in total. The van der Waals surface area contributed by atoms with Gasteiger partial charge in [-0.3, -0.25) is 4.79 Å². The van der Waals surface area contributed by atoms with Gasteiger partial charge in [-0.05, 0) is 19.1 Å². The molecule has 2 rings (SSSR count). The Hall–Kier alpha value is -2.17. The second-order valence-electron chi connectivity index (χ2n) is 3.34. The standard InChI is InChI=1S/C12H9FO4/c1-2-16-12(15)11(14)8-5-7-3-4-17-10(7)6-9(8)13/h3-6H,2H2,1H3. The van der Waals surface area contributed by atoms with Gasteiger partial charge in [0, 0.05) is 11.5 Å². The van der Waals surface area contributed by atoms with Crippen molar-refractivity contribution in [3.05, 3.63) is 35.8 Å². The lowest BCUT2D eigenvalue weighted by Gasteiger charge is -2.02. The maximum Gasteiger partial charge on any atom is 0.379 e. The van der Waals surface area contributed by atoms with Crippen LogP contribution < -0.4 is 0 Å². The van der Waals surface area contributed by atoms with Gasteiger partial charge in [0.25, 0.3) is 5.78 Å². The Morgan fingerprint density at radius 2 is 2.18 bits per heavy atom. The van der Waals surface area contributed by atoms with Crippen molar-refractivity contribution in [3.8, 4) is 0 Å². The van der Waals surface area contributed by atoms with Crippen molar-refractivity contribution in [2.24, 2.45) is 0 Å². The van der Waals surface area contributed by atoms with E-state index in [4.69, 9.17) is 4.42 Å². The number of Topliss-reactive ketones (excluding diaryl/α,β-unsaturated/α-hetero) is 1. The van der Waals surface area contributed by atoms with Crippen molar-refractivity contribution >= 4 is 22.7 Å². The van der Waals surface area contributed by atoms with Gasteiger partial charge in [0.15, 0.2) is 0 Å². The maximum absolute atomic E-state index is 13.6. The van der Waals surface area contributed by atoms with Crippen molar-refractivity contribution in [1.82, 2.24) is 0 Å². The molecule has 0 radical (unpaired) electrons. The third-order valence-corrected chi connectivity index (χ3v) is 2.25. The SMILES string of the molecule is CCOC(=O)C(=O)c1cc2ccoc2cc1F. The number of ether oxygens (including phenoxy) is 1. The molecule has 0 atom stereocenters. The van der Waals surface area contributed by atoms with Crippen molar-refractivity contribution in [2.45, 2.75) is 6.92 Å². The molecule has 2 aromatic rings. The number of hydrogen-bond acceptors (Lipinski definition) is 4. The van der Waals surface area contributed by atoms with Crippen LogP contribution in [0.2, 0.25) is 0 Å². The van der Waals surface area contributed by atoms with E-state index >= 15 is 0 Å². The molecule has 1 aromatic carbocycles. The number of esters is 1. The number of hydrogen-bond donors (Lipinski definition) is 0. The molecule has 1 aromatic heterocycles. The van der Waals surface area contributed by atoms with Crippen LogP contribution in [0.15, 0.2) is 28.9 Å². The van der Waals surface area contributed by atoms with Crippen LogP contribution in [0.25, 0.3) is 11.0 Å². The zero-order chi connectivity index (χ0) is 12.4. The Balaban J connectivity index is 2.43. The molecule has 0 aliphatic rings. The molecule has 88 valence electrons. The van der Waals surface area contributed by atoms with Crippen LogP contribution in [0.4, 0.5) is 4.39 Å². The van der Waals surface area contributed by atoms with Crippen molar-refractivity contribution < 1.29 is 23.1 Å². The van der Waals surface area contributed by atoms with Crippen LogP contribution in [-0.4, -0.2) is 18.4 Å². The molecule has 4 nitrogen and oxygen atoms in total. The minimum atomic E-state index is -1.06. The van der Waals surface area contributed by atoms with E-state index in [0.29, 0.717) is 11.0 Å². The normalized spacial score (nSPS) is 10.5. The van der Waals surface area contributed by atoms with E-state index in [1.807, 2.05) is 0 Å². The molecular weight excluding hydrogens is 227 g/mol. The van der Waals surface area contributed by atoms with E-state index in [-0.39, 0.29) is 12.2 Å². The van der Waals surface area contributed by atoms with E-state index in [1.165, 1.54) is 12.3 Å². The lowest BCUT2D eigenvalue weighted by molar-refractivity contribution is -0.137. The van der Waals surface area contributed by atoms with Crippen molar-refractivity contribution in [2.75, 3.05) is 6.61 Å². The van der Waals surface area contributed by atoms with Gasteiger partial charge < -0.3 is 9.15 Å². The highest BCUT2D eigenvalue weighted by Crippen LogP contribution is 2.20. The molecule has 0 aliphatic carbocycles. The Morgan fingerprint density at radius 3 is 2.88 bits per heavy atom. The van der Waals surface area contributed by atoms with E-state index < -0.39 is 17.6 Å². The highest BCUT2D eigenvalue weighted by Gasteiger charge is 2.22. The third-order valence-electron chi connectivity index (χ3n) is 2.25. The molecule has 0 saturated carbocycles. The molecule has 0 unspecified atom stereocenters. The van der Waals surface area contributed by atoms with Crippen molar-refractivity contribution in [3.63, 3.8) is 0 Å². The van der Waals surface area contributed by atoms with Gasteiger partial charge in [-0.25, -0.2) is 9.18 Å². The predicted octanol–water partition coefficient (Wildman–Crippen LogP) is 2.32. The molecule has 0 spiro atoms. The average molecular weight is 236 g/mol. The number of halogens is 1. The second kappa shape index (κ2) is 4.37. The second-order valence-corrected chi connectivity index (χ2v) is 3.34. The Morgan fingerprint density at radius 1 is 1.41 bits per heavy atom. The Kier molecular flexibility index (Phi) is 2.91. The minimum Gasteiger partial charge on any atom is -0.464 e. The van der Waals surface area contributed by atoms with Crippen LogP contribution >= 0.6 is 0 Å². The summed E-state index contributed by atoms with van der Waals surface area (Å²) in [7, 11) is 0. The fourth-order valence-electron chi connectivity index (χ4n) is 1.47. The van der Waals surface area contributed by atoms with Gasteiger partial charge in [0.05, 0.1) is 18.4 Å². The molecule has 0 saturated heterocycles. The monoisotopic (exact) mass is 236 g/mol. The summed E-state index contributed by atoms with van der Waals surface area (Å²) < 4.78 is 23.1. The Bertz CT molecular complexity index is 585. The molecule has 0 fully saturated rings. The molecule has 17 heavy (non-hydrogen) atoms. The first-order chi connectivity index (χ1) is 8.13. The minimum absolute atomic E-state index is 0.0696. The van der Waals surface area contributed by atoms with Crippen LogP contribution in [-0.2, 0) is 9.53 Å². The van der Waals surface area contributed by atoms with Gasteiger partial charge in [0.1, 0.15) is 11.4 Å². The summed E-state index contributed by atoms with van der Waals surface area (Å²) in [5.41, 5.74) is 0.0141. The number of fused-ring (bicyclic) bond motifs is 1. The summed E-state index contributed by atoms with van der Waals surface area (Å²) in [4.78, 5) is 22.8. The summed E-state index contributed by atoms with van der Waals surface area (Å²) in [6.07, 6.45) is 1.38. The smallest absolute Gasteiger partial charge is 0.379 e. The number of carbonyl (C=O) groups is 2. The fraction of sp³-hybridized carbons (Fsp3) is 0.167. The number of rotatable bonds is 3. The summed E-state index contributed by atoms with van der Waals surface area (Å²) in [6.45, 7) is 1.64. The van der Waals surface area contributed by atoms with E-state index in [2.05, 4.69) is 4.74 Å². The van der Waals surface area contributed by atoms with Crippen LogP contribution in [0.3, 0.4) is 0 Å². The summed E-state index contributed by atoms with van der Waals surface area (Å²) in [5, 5.41) is 0.555. The van der Waals surface area contributed by atoms with Crippen molar-refractivity contribution in [1.29, 1.82) is 0 Å². The first-order valence-corrected chi connectivity index (χ1v) is 5.01. The number of furan rings is 1. The van der Waals surface area contributed by atoms with E-state index in [0.717, 1.165) is 6.07 Å². The largest absolute Gasteiger partial charge is 0.464 e. The summed E-state index contributed by atoms with van der Waals surface area (Å²) in [6, 6.07) is 3.92. The zero-order valence-corrected chi connectivity index (χ0v) is 9.03. The van der Waals surface area contributed by atoms with Crippen LogP contribution in [0, 0.1) is 5.82 Å². The van der Waals surface area contributed by atoms with Gasteiger partial charge in [0.2, 0.25) is 0 Å². The molecule has 0 aliphatic heterocycles. The van der Waals surface area contributed by atoms with Crippen LogP contribution in [0.1, 0.15) is 17.3 Å². The van der Waals surface area contributed by atoms with Gasteiger partial charge >= 0.3 is 5.97 Å². The van der Waals surface area contributed by atoms with E-state index in [9.17, 15) is 14.0 Å². The average Bonchev–Trinajstić information content (AvgIpc) is 2.74. The van der Waals surface area contributed by atoms with Crippen LogP contribution in [0.5, 0.6) is 0 Å². The first kappa shape index (κ1) is 11.3. The molecular formula is C12H9FO4. The lowest BCUT2D eigenvalue weighted by Crippen LogP contribution is -2.18. The number of carbonyl (C=O) groups excluding carboxylic acids is 2. The highest BCUT2D eigenvalue weighted by atomic mass is 19.1. The zero-order valence-electron chi connectivity index (χ0n) is 9.03. The maximum atomic E-state index is 13.6. The molecule has 0 amide bonds. The lowest BCUT2D eigenvalue weighted by atomic mass is 10.1. The van der Waals surface area contributed by atoms with E-state index in [1.54, 1.807) is 13.0 Å². The predicted molar refractivity (Wildman–Crippen MR) is 57.1 cm³/mol. The van der Waals surface area contributed by atoms with Gasteiger partial charge in [-0.2, -0.15) is 0 Å². The summed E-state index contributed by atoms with van der Waals surface area (Å²) >= 11 is 0. The first-order valence-electron chi connectivity index (χ1n) is 5.01. The molecule has 5 heteroatoms. The quantitative estimate of drug-likeness (QED) is 0.466. The number of benzene rings is 1. The summed E-state index contributed by atoms with van der Waals surface area (Å²) in [5.74, 6) is -2.85. The molecule has 0 bridgehead atoms. The number of ketones is 1. The van der Waals surface area contributed by atoms with Gasteiger partial charge in [-0.15, -0.1) is 0 Å². The topological polar surface area (TPSA) is 56.5 Å². The third kappa shape index (κ3) is 2.04.